The highest BCUT2D eigenvalue weighted by atomic mass is 31.2. The minimum Gasteiger partial charge on any atom is -0.207 e. The van der Waals surface area contributed by atoms with Gasteiger partial charge >= 0.3 is 0 Å². The zero-order valence-corrected chi connectivity index (χ0v) is 18.9. The van der Waals surface area contributed by atoms with E-state index in [0.717, 1.165) is 0 Å². The molecule has 5 heteroatoms. The number of hydrogen-bond acceptors (Lipinski definition) is 0. The van der Waals surface area contributed by atoms with Crippen LogP contribution < -0.4 is 0 Å². The van der Waals surface area contributed by atoms with Gasteiger partial charge < -0.3 is 0 Å². The van der Waals surface area contributed by atoms with Crippen molar-refractivity contribution in [1.82, 2.24) is 0 Å². The van der Waals surface area contributed by atoms with E-state index in [1.165, 1.54) is 24.3 Å². The van der Waals surface area contributed by atoms with E-state index in [4.69, 9.17) is 0 Å². The molecule has 168 valence electrons. The Labute approximate surface area is 192 Å². The van der Waals surface area contributed by atoms with E-state index in [2.05, 4.69) is 0 Å². The van der Waals surface area contributed by atoms with E-state index < -0.39 is 7.26 Å². The molecule has 0 N–H and O–H groups in total. The summed E-state index contributed by atoms with van der Waals surface area (Å²) >= 11 is 0. The Hall–Kier alpha value is -2.97. The third-order valence-corrected chi connectivity index (χ3v) is 9.90. The summed E-state index contributed by atoms with van der Waals surface area (Å²) in [7, 11) is -2.45. The lowest BCUT2D eigenvalue weighted by atomic mass is 10.2. The minimum absolute atomic E-state index is 0.302. The van der Waals surface area contributed by atoms with Crippen LogP contribution in [0.15, 0.2) is 97.1 Å². The Morgan fingerprint density at radius 3 is 0.788 bits per heavy atom. The summed E-state index contributed by atoms with van der Waals surface area (Å²) in [4.78, 5) is 0. The van der Waals surface area contributed by atoms with Gasteiger partial charge in [-0.25, -0.2) is 17.6 Å². The van der Waals surface area contributed by atoms with Crippen LogP contribution in [0, 0.1) is 23.3 Å². The molecular weight excluding hydrogens is 443 g/mol. The first kappa shape index (κ1) is 23.2. The molecule has 0 spiro atoms. The third-order valence-electron chi connectivity index (χ3n) is 5.85. The standard InChI is InChI=1S/C28H24F4P/c29-25-13-5-1-9-21(25)17-33(18-22-10-2-6-14-26(22)30,19-23-11-3-7-15-27(23)31)20-24-12-4-8-16-28(24)32/h1-16H,17-20H2/q+1. The van der Waals surface area contributed by atoms with Crippen molar-refractivity contribution in [3.05, 3.63) is 143 Å². The maximum Gasteiger partial charge on any atom is 0.130 e. The van der Waals surface area contributed by atoms with Crippen molar-refractivity contribution < 1.29 is 17.6 Å². The maximum absolute atomic E-state index is 14.8. The fourth-order valence-electron chi connectivity index (χ4n) is 4.29. The Kier molecular flexibility index (Phi) is 7.25. The van der Waals surface area contributed by atoms with Gasteiger partial charge in [0.1, 0.15) is 23.3 Å². The summed E-state index contributed by atoms with van der Waals surface area (Å²) in [6.07, 6.45) is 1.21. The fraction of sp³-hybridized carbons (Fsp3) is 0.143. The van der Waals surface area contributed by atoms with Gasteiger partial charge in [-0.2, -0.15) is 0 Å². The summed E-state index contributed by atoms with van der Waals surface area (Å²) in [5, 5.41) is 0. The molecule has 0 aromatic heterocycles. The van der Waals surface area contributed by atoms with E-state index in [1.54, 1.807) is 72.8 Å². The van der Waals surface area contributed by atoms with Crippen LogP contribution in [-0.2, 0) is 24.6 Å². The first-order valence-electron chi connectivity index (χ1n) is 10.7. The zero-order valence-electron chi connectivity index (χ0n) is 18.0. The second kappa shape index (κ2) is 10.3. The van der Waals surface area contributed by atoms with Crippen molar-refractivity contribution in [2.75, 3.05) is 0 Å². The molecule has 4 aromatic carbocycles. The molecule has 0 nitrogen and oxygen atoms in total. The van der Waals surface area contributed by atoms with Gasteiger partial charge in [0.2, 0.25) is 0 Å². The molecule has 0 fully saturated rings. The van der Waals surface area contributed by atoms with Gasteiger partial charge in [0, 0.05) is 29.5 Å². The molecular formula is C28H24F4P+. The Bertz CT molecular complexity index is 1040. The van der Waals surface area contributed by atoms with E-state index >= 15 is 0 Å². The first-order valence-corrected chi connectivity index (χ1v) is 13.3. The van der Waals surface area contributed by atoms with Crippen LogP contribution in [0.4, 0.5) is 17.6 Å². The molecule has 33 heavy (non-hydrogen) atoms. The van der Waals surface area contributed by atoms with Crippen LogP contribution in [0.3, 0.4) is 0 Å². The molecule has 0 heterocycles. The Morgan fingerprint density at radius 2 is 0.576 bits per heavy atom. The van der Waals surface area contributed by atoms with E-state index in [9.17, 15) is 17.6 Å². The predicted molar refractivity (Wildman–Crippen MR) is 127 cm³/mol. The largest absolute Gasteiger partial charge is 0.207 e. The molecule has 0 atom stereocenters. The second-order valence-corrected chi connectivity index (χ2v) is 12.3. The summed E-state index contributed by atoms with van der Waals surface area (Å²) < 4.78 is 59.1. The predicted octanol–water partition coefficient (Wildman–Crippen LogP) is 8.36. The molecule has 0 saturated heterocycles. The summed E-state index contributed by atoms with van der Waals surface area (Å²) in [5.74, 6) is -1.45. The summed E-state index contributed by atoms with van der Waals surface area (Å²) in [6.45, 7) is 0. The quantitative estimate of drug-likeness (QED) is 0.180. The summed E-state index contributed by atoms with van der Waals surface area (Å²) in [6, 6.07) is 25.8. The highest BCUT2D eigenvalue weighted by Gasteiger charge is 2.41. The van der Waals surface area contributed by atoms with Crippen LogP contribution in [0.25, 0.3) is 0 Å². The fourth-order valence-corrected chi connectivity index (χ4v) is 8.87. The second-order valence-electron chi connectivity index (χ2n) is 8.34. The van der Waals surface area contributed by atoms with E-state index in [-0.39, 0.29) is 23.3 Å². The SMILES string of the molecule is Fc1ccccc1C[P+](Cc1ccccc1F)(Cc1ccccc1F)Cc1ccccc1F. The third kappa shape index (κ3) is 5.69. The molecule has 0 aliphatic carbocycles. The highest BCUT2D eigenvalue weighted by Crippen LogP contribution is 2.69. The molecule has 0 aliphatic heterocycles. The van der Waals surface area contributed by atoms with Crippen molar-refractivity contribution in [3.63, 3.8) is 0 Å². The Morgan fingerprint density at radius 1 is 0.364 bits per heavy atom. The number of halogens is 4. The molecule has 0 aliphatic rings. The lowest BCUT2D eigenvalue weighted by molar-refractivity contribution is 0.611. The van der Waals surface area contributed by atoms with Gasteiger partial charge in [0.25, 0.3) is 0 Å². The molecule has 0 saturated carbocycles. The normalized spacial score (nSPS) is 11.5. The van der Waals surface area contributed by atoms with Gasteiger partial charge in [-0.05, 0) is 24.3 Å². The van der Waals surface area contributed by atoms with Gasteiger partial charge in [-0.15, -0.1) is 0 Å². The lowest BCUT2D eigenvalue weighted by Crippen LogP contribution is -2.11. The smallest absolute Gasteiger partial charge is 0.130 e. The molecule has 0 bridgehead atoms. The molecule has 4 rings (SSSR count). The van der Waals surface area contributed by atoms with Crippen molar-refractivity contribution in [1.29, 1.82) is 0 Å². The van der Waals surface area contributed by atoms with E-state index in [0.29, 0.717) is 46.9 Å². The monoisotopic (exact) mass is 467 g/mol. The average Bonchev–Trinajstić information content (AvgIpc) is 2.80. The minimum atomic E-state index is -2.45. The lowest BCUT2D eigenvalue weighted by Gasteiger charge is -2.29. The highest BCUT2D eigenvalue weighted by molar-refractivity contribution is 7.72. The van der Waals surface area contributed by atoms with Gasteiger partial charge in [0.15, 0.2) is 0 Å². The zero-order chi connectivity index (χ0) is 23.3. The van der Waals surface area contributed by atoms with Crippen molar-refractivity contribution in [3.8, 4) is 0 Å². The molecule has 0 amide bonds. The van der Waals surface area contributed by atoms with Crippen LogP contribution in [0.5, 0.6) is 0 Å². The van der Waals surface area contributed by atoms with Crippen molar-refractivity contribution in [2.45, 2.75) is 24.6 Å². The van der Waals surface area contributed by atoms with Crippen molar-refractivity contribution in [2.24, 2.45) is 0 Å². The molecule has 0 unspecified atom stereocenters. The topological polar surface area (TPSA) is 0 Å². The van der Waals surface area contributed by atoms with Gasteiger partial charge in [-0.1, -0.05) is 72.8 Å². The number of benzene rings is 4. The van der Waals surface area contributed by atoms with Gasteiger partial charge in [-0.3, -0.25) is 0 Å². The number of hydrogen-bond donors (Lipinski definition) is 0. The maximum atomic E-state index is 14.8. The van der Waals surface area contributed by atoms with Crippen LogP contribution >= 0.6 is 7.26 Å². The summed E-state index contributed by atoms with van der Waals surface area (Å²) in [5.41, 5.74) is 1.93. The van der Waals surface area contributed by atoms with Crippen LogP contribution in [-0.4, -0.2) is 0 Å². The first-order chi connectivity index (χ1) is 16.0. The van der Waals surface area contributed by atoms with Gasteiger partial charge in [0.05, 0.1) is 24.6 Å². The molecule has 4 aromatic rings. The van der Waals surface area contributed by atoms with Crippen molar-refractivity contribution >= 4 is 7.26 Å². The van der Waals surface area contributed by atoms with E-state index in [1.807, 2.05) is 0 Å². The molecule has 0 radical (unpaired) electrons. The van der Waals surface area contributed by atoms with Crippen LogP contribution in [0.1, 0.15) is 22.3 Å². The average molecular weight is 467 g/mol. The Balaban J connectivity index is 1.86. The van der Waals surface area contributed by atoms with Crippen LogP contribution in [0.2, 0.25) is 0 Å². The number of rotatable bonds is 8.